The largest absolute Gasteiger partial charge is 0.340 e. The molecule has 0 fully saturated rings. The molecule has 0 saturated heterocycles. The number of aromatic nitrogens is 2. The normalized spacial score (nSPS) is 15.4. The highest BCUT2D eigenvalue weighted by Gasteiger charge is 2.32. The van der Waals surface area contributed by atoms with Gasteiger partial charge >= 0.3 is 0 Å². The fraction of sp³-hybridized carbons (Fsp3) is 0.261. The summed E-state index contributed by atoms with van der Waals surface area (Å²) in [5.41, 5.74) is 5.87. The molecule has 1 N–H and O–H groups in total. The predicted octanol–water partition coefficient (Wildman–Crippen LogP) is 4.74. The van der Waals surface area contributed by atoms with Crippen LogP contribution in [0.3, 0.4) is 0 Å². The van der Waals surface area contributed by atoms with Crippen molar-refractivity contribution in [3.63, 3.8) is 0 Å². The summed E-state index contributed by atoms with van der Waals surface area (Å²) in [6.07, 6.45) is 0.861. The van der Waals surface area contributed by atoms with Gasteiger partial charge in [-0.25, -0.2) is 9.97 Å². The number of amides is 1. The SMILES string of the molecule is Cc1cc(C)cc(Nc2cc(C(=O)N3c4ccccc4CC3C)nc(C)n2)c1. The molecule has 5 heteroatoms. The van der Waals surface area contributed by atoms with Crippen LogP contribution in [0, 0.1) is 20.8 Å². The maximum atomic E-state index is 13.3. The second-order valence-corrected chi connectivity index (χ2v) is 7.54. The topological polar surface area (TPSA) is 58.1 Å². The zero-order chi connectivity index (χ0) is 19.8. The number of carbonyl (C=O) groups is 1. The van der Waals surface area contributed by atoms with Gasteiger partial charge in [-0.1, -0.05) is 24.3 Å². The fourth-order valence-electron chi connectivity index (χ4n) is 3.93. The highest BCUT2D eigenvalue weighted by molar-refractivity contribution is 6.07. The molecule has 0 radical (unpaired) electrons. The summed E-state index contributed by atoms with van der Waals surface area (Å²) in [6, 6.07) is 16.1. The Balaban J connectivity index is 1.66. The van der Waals surface area contributed by atoms with Crippen molar-refractivity contribution < 1.29 is 4.79 Å². The van der Waals surface area contributed by atoms with E-state index in [-0.39, 0.29) is 11.9 Å². The molecule has 5 nitrogen and oxygen atoms in total. The van der Waals surface area contributed by atoms with Crippen LogP contribution in [0.1, 0.15) is 39.9 Å². The molecule has 4 rings (SSSR count). The van der Waals surface area contributed by atoms with Gasteiger partial charge in [0.2, 0.25) is 0 Å². The Morgan fingerprint density at radius 3 is 2.50 bits per heavy atom. The number of hydrogen-bond acceptors (Lipinski definition) is 4. The van der Waals surface area contributed by atoms with Crippen LogP contribution in [0.5, 0.6) is 0 Å². The first-order valence-corrected chi connectivity index (χ1v) is 9.53. The van der Waals surface area contributed by atoms with E-state index in [1.165, 1.54) is 16.7 Å². The first kappa shape index (κ1) is 18.2. The number of rotatable bonds is 3. The van der Waals surface area contributed by atoms with E-state index >= 15 is 0 Å². The second-order valence-electron chi connectivity index (χ2n) is 7.54. The van der Waals surface area contributed by atoms with Crippen molar-refractivity contribution in [2.75, 3.05) is 10.2 Å². The van der Waals surface area contributed by atoms with Gasteiger partial charge in [-0.15, -0.1) is 0 Å². The molecule has 1 atom stereocenters. The molecule has 2 aromatic carbocycles. The molecule has 28 heavy (non-hydrogen) atoms. The minimum absolute atomic E-state index is 0.0913. The van der Waals surface area contributed by atoms with Crippen LogP contribution in [-0.4, -0.2) is 21.9 Å². The minimum atomic E-state index is -0.0913. The lowest BCUT2D eigenvalue weighted by molar-refractivity contribution is 0.0976. The summed E-state index contributed by atoms with van der Waals surface area (Å²) < 4.78 is 0. The Labute approximate surface area is 165 Å². The van der Waals surface area contributed by atoms with Gasteiger partial charge in [0.25, 0.3) is 5.91 Å². The van der Waals surface area contributed by atoms with Gasteiger partial charge in [-0.2, -0.15) is 0 Å². The van der Waals surface area contributed by atoms with E-state index in [1.807, 2.05) is 30.0 Å². The van der Waals surface area contributed by atoms with E-state index in [0.29, 0.717) is 17.3 Å². The molecule has 0 bridgehead atoms. The molecular formula is C23H24N4O. The van der Waals surface area contributed by atoms with Crippen molar-refractivity contribution in [1.82, 2.24) is 9.97 Å². The molecule has 0 saturated carbocycles. The highest BCUT2D eigenvalue weighted by Crippen LogP contribution is 2.33. The van der Waals surface area contributed by atoms with Crippen LogP contribution >= 0.6 is 0 Å². The maximum Gasteiger partial charge on any atom is 0.277 e. The summed E-state index contributed by atoms with van der Waals surface area (Å²) >= 11 is 0. The molecule has 1 aliphatic rings. The Morgan fingerprint density at radius 2 is 1.75 bits per heavy atom. The van der Waals surface area contributed by atoms with E-state index in [2.05, 4.69) is 60.3 Å². The van der Waals surface area contributed by atoms with Crippen LogP contribution in [-0.2, 0) is 6.42 Å². The number of nitrogens with zero attached hydrogens (tertiary/aromatic N) is 3. The number of aryl methyl sites for hydroxylation is 3. The molecule has 1 aromatic heterocycles. The molecule has 1 amide bonds. The molecule has 3 aromatic rings. The monoisotopic (exact) mass is 372 g/mol. The van der Waals surface area contributed by atoms with Gasteiger partial charge in [-0.05, 0) is 69.0 Å². The average molecular weight is 372 g/mol. The number of carbonyl (C=O) groups excluding carboxylic acids is 1. The van der Waals surface area contributed by atoms with E-state index in [4.69, 9.17) is 0 Å². The maximum absolute atomic E-state index is 13.3. The number of benzene rings is 2. The summed E-state index contributed by atoms with van der Waals surface area (Å²) in [7, 11) is 0. The van der Waals surface area contributed by atoms with Crippen LogP contribution < -0.4 is 10.2 Å². The van der Waals surface area contributed by atoms with Gasteiger partial charge in [0, 0.05) is 23.5 Å². The van der Waals surface area contributed by atoms with E-state index in [0.717, 1.165) is 17.8 Å². The standard InChI is InChI=1S/C23H24N4O/c1-14-9-15(2)11-19(10-14)26-22-13-20(24-17(4)25-22)23(28)27-16(3)12-18-7-5-6-8-21(18)27/h5-11,13,16H,12H2,1-4H3,(H,24,25,26). The number of nitrogens with one attached hydrogen (secondary N) is 1. The first-order chi connectivity index (χ1) is 13.4. The van der Waals surface area contributed by atoms with Crippen molar-refractivity contribution in [2.45, 2.75) is 40.2 Å². The molecule has 1 unspecified atom stereocenters. The molecule has 0 aliphatic carbocycles. The van der Waals surface area contributed by atoms with Crippen molar-refractivity contribution in [3.8, 4) is 0 Å². The van der Waals surface area contributed by atoms with E-state index < -0.39 is 0 Å². The lowest BCUT2D eigenvalue weighted by Gasteiger charge is -2.22. The Bertz CT molecular complexity index is 1040. The summed E-state index contributed by atoms with van der Waals surface area (Å²) in [5.74, 6) is 1.10. The van der Waals surface area contributed by atoms with Crippen molar-refractivity contribution in [1.29, 1.82) is 0 Å². The number of fused-ring (bicyclic) bond motifs is 1. The average Bonchev–Trinajstić information content (AvgIpc) is 2.95. The van der Waals surface area contributed by atoms with E-state index in [9.17, 15) is 4.79 Å². The van der Waals surface area contributed by atoms with Crippen LogP contribution in [0.15, 0.2) is 48.5 Å². The first-order valence-electron chi connectivity index (χ1n) is 9.53. The molecule has 2 heterocycles. The highest BCUT2D eigenvalue weighted by atomic mass is 16.2. The zero-order valence-corrected chi connectivity index (χ0v) is 16.7. The smallest absolute Gasteiger partial charge is 0.277 e. The van der Waals surface area contributed by atoms with Gasteiger partial charge in [-0.3, -0.25) is 4.79 Å². The Morgan fingerprint density at radius 1 is 1.04 bits per heavy atom. The minimum Gasteiger partial charge on any atom is -0.340 e. The molecule has 0 spiro atoms. The third-order valence-electron chi connectivity index (χ3n) is 4.98. The number of para-hydroxylation sites is 1. The zero-order valence-electron chi connectivity index (χ0n) is 16.7. The van der Waals surface area contributed by atoms with Gasteiger partial charge in [0.1, 0.15) is 17.3 Å². The third kappa shape index (κ3) is 3.48. The summed E-state index contributed by atoms with van der Waals surface area (Å²) in [4.78, 5) is 24.0. The fourth-order valence-corrected chi connectivity index (χ4v) is 3.93. The van der Waals surface area contributed by atoms with Crippen LogP contribution in [0.25, 0.3) is 0 Å². The summed E-state index contributed by atoms with van der Waals surface area (Å²) in [5, 5.41) is 3.32. The Kier molecular flexibility index (Phi) is 4.59. The number of anilines is 3. The third-order valence-corrected chi connectivity index (χ3v) is 4.98. The van der Waals surface area contributed by atoms with E-state index in [1.54, 1.807) is 6.07 Å². The predicted molar refractivity (Wildman–Crippen MR) is 112 cm³/mol. The lowest BCUT2D eigenvalue weighted by atomic mass is 10.1. The van der Waals surface area contributed by atoms with Gasteiger partial charge in [0.15, 0.2) is 0 Å². The van der Waals surface area contributed by atoms with Gasteiger partial charge < -0.3 is 10.2 Å². The second kappa shape index (κ2) is 7.08. The number of hydrogen-bond donors (Lipinski definition) is 1. The van der Waals surface area contributed by atoms with Crippen molar-refractivity contribution >= 4 is 23.1 Å². The van der Waals surface area contributed by atoms with Crippen LogP contribution in [0.4, 0.5) is 17.2 Å². The lowest BCUT2D eigenvalue weighted by Crippen LogP contribution is -2.36. The van der Waals surface area contributed by atoms with Crippen molar-refractivity contribution in [2.24, 2.45) is 0 Å². The molecule has 1 aliphatic heterocycles. The quantitative estimate of drug-likeness (QED) is 0.722. The Hall–Kier alpha value is -3.21. The molecular weight excluding hydrogens is 348 g/mol. The van der Waals surface area contributed by atoms with Crippen molar-refractivity contribution in [3.05, 3.63) is 76.7 Å². The van der Waals surface area contributed by atoms with Gasteiger partial charge in [0.05, 0.1) is 0 Å². The molecule has 142 valence electrons. The summed E-state index contributed by atoms with van der Waals surface area (Å²) in [6.45, 7) is 8.00. The van der Waals surface area contributed by atoms with Crippen LogP contribution in [0.2, 0.25) is 0 Å².